The Morgan fingerprint density at radius 2 is 2.10 bits per heavy atom. The molecule has 0 spiro atoms. The number of fused-ring (bicyclic) bond motifs is 1. The smallest absolute Gasteiger partial charge is 0.244 e. The highest BCUT2D eigenvalue weighted by Crippen LogP contribution is 2.50. The first-order valence-electron chi connectivity index (χ1n) is 6.47. The Hall–Kier alpha value is -1.37. The Morgan fingerprint density at radius 3 is 2.81 bits per heavy atom. The molecule has 2 fully saturated rings. The molecule has 0 radical (unpaired) electrons. The average Bonchev–Trinajstić information content (AvgIpc) is 2.88. The van der Waals surface area contributed by atoms with Crippen molar-refractivity contribution >= 4 is 40.3 Å². The minimum absolute atomic E-state index is 0.289. The summed E-state index contributed by atoms with van der Waals surface area (Å²) in [6.07, 6.45) is -0.285. The van der Waals surface area contributed by atoms with E-state index in [1.165, 1.54) is 0 Å². The van der Waals surface area contributed by atoms with Crippen LogP contribution in [0.1, 0.15) is 23.2 Å². The summed E-state index contributed by atoms with van der Waals surface area (Å²) < 4.78 is -1.22. The Balaban J connectivity index is 1.93. The molecule has 2 amide bonds. The van der Waals surface area contributed by atoms with Gasteiger partial charge in [0.2, 0.25) is 16.9 Å². The number of amides is 2. The normalized spacial score (nSPS) is 31.1. The van der Waals surface area contributed by atoms with Gasteiger partial charge in [0.05, 0.1) is 17.0 Å². The largest absolute Gasteiger partial charge is 0.392 e. The number of hydrogen-bond donors (Lipinski definition) is 2. The first kappa shape index (κ1) is 14.6. The van der Waals surface area contributed by atoms with Gasteiger partial charge in [-0.3, -0.25) is 19.7 Å². The zero-order chi connectivity index (χ0) is 15.2. The molecule has 3 rings (SSSR count). The number of imide groups is 1. The number of carbonyl (C=O) groups excluding carboxylic acids is 3. The van der Waals surface area contributed by atoms with Crippen LogP contribution in [0.5, 0.6) is 0 Å². The van der Waals surface area contributed by atoms with E-state index in [2.05, 4.69) is 5.32 Å². The lowest BCUT2D eigenvalue weighted by atomic mass is 9.97. The number of carbonyl (C=O) groups is 3. The lowest BCUT2D eigenvalue weighted by Crippen LogP contribution is -2.38. The van der Waals surface area contributed by atoms with Gasteiger partial charge in [0.1, 0.15) is 4.75 Å². The molecule has 1 saturated carbocycles. The van der Waals surface area contributed by atoms with Crippen molar-refractivity contribution in [3.05, 3.63) is 34.9 Å². The van der Waals surface area contributed by atoms with E-state index in [0.717, 1.165) is 11.8 Å². The Morgan fingerprint density at radius 1 is 1.38 bits per heavy atom. The second-order valence-electron chi connectivity index (χ2n) is 5.16. The van der Waals surface area contributed by atoms with E-state index in [0.29, 0.717) is 17.0 Å². The second kappa shape index (κ2) is 5.12. The maximum absolute atomic E-state index is 12.4. The molecule has 0 unspecified atom stereocenters. The molecule has 1 saturated heterocycles. The molecule has 1 aromatic carbocycles. The van der Waals surface area contributed by atoms with Crippen molar-refractivity contribution in [3.63, 3.8) is 0 Å². The number of rotatable bonds is 2. The van der Waals surface area contributed by atoms with Crippen molar-refractivity contribution in [2.24, 2.45) is 5.92 Å². The molecule has 1 aromatic rings. The van der Waals surface area contributed by atoms with Gasteiger partial charge in [-0.15, -0.1) is 0 Å². The summed E-state index contributed by atoms with van der Waals surface area (Å²) in [5.41, 5.74) is 0.297. The first-order valence-corrected chi connectivity index (χ1v) is 7.66. The highest BCUT2D eigenvalue weighted by atomic mass is 35.5. The minimum atomic E-state index is -1.22. The quantitative estimate of drug-likeness (QED) is 0.803. The van der Waals surface area contributed by atoms with Crippen LogP contribution in [-0.4, -0.2) is 32.9 Å². The molecule has 3 atom stereocenters. The predicted molar refractivity (Wildman–Crippen MR) is 78.0 cm³/mol. The zero-order valence-electron chi connectivity index (χ0n) is 10.8. The molecule has 21 heavy (non-hydrogen) atoms. The van der Waals surface area contributed by atoms with Crippen LogP contribution in [0.15, 0.2) is 24.3 Å². The predicted octanol–water partition coefficient (Wildman–Crippen LogP) is 1.38. The van der Waals surface area contributed by atoms with Crippen molar-refractivity contribution in [2.75, 3.05) is 0 Å². The molecule has 7 heteroatoms. The van der Waals surface area contributed by atoms with Crippen molar-refractivity contribution in [2.45, 2.75) is 23.7 Å². The van der Waals surface area contributed by atoms with E-state index in [1.807, 2.05) is 0 Å². The van der Waals surface area contributed by atoms with E-state index in [4.69, 9.17) is 11.6 Å². The van der Waals surface area contributed by atoms with Gasteiger partial charge in [-0.1, -0.05) is 35.5 Å². The fourth-order valence-corrected chi connectivity index (χ4v) is 4.59. The van der Waals surface area contributed by atoms with E-state index in [9.17, 15) is 19.5 Å². The Bertz CT molecular complexity index is 650. The molecule has 0 bridgehead atoms. The Kier molecular flexibility index (Phi) is 3.55. The third-order valence-corrected chi connectivity index (χ3v) is 5.71. The monoisotopic (exact) mass is 325 g/mol. The summed E-state index contributed by atoms with van der Waals surface area (Å²) in [5, 5.41) is 12.1. The fraction of sp³-hybridized carbons (Fsp3) is 0.357. The highest BCUT2D eigenvalue weighted by molar-refractivity contribution is 8.16. The summed E-state index contributed by atoms with van der Waals surface area (Å²) in [6.45, 7) is 0. The molecule has 5 nitrogen and oxygen atoms in total. The molecule has 1 aliphatic carbocycles. The molecule has 2 N–H and O–H groups in total. The van der Waals surface area contributed by atoms with Gasteiger partial charge in [0.25, 0.3) is 0 Å². The van der Waals surface area contributed by atoms with Gasteiger partial charge in [-0.2, -0.15) is 0 Å². The number of hydrogen-bond acceptors (Lipinski definition) is 5. The number of thioether (sulfide) groups is 1. The SMILES string of the molecule is O=C(S[C@@]12CC[C@@H](O)[C@@H]1C(=O)NC2=O)c1ccccc1Cl. The van der Waals surface area contributed by atoms with Crippen LogP contribution in [0.25, 0.3) is 0 Å². The fourth-order valence-electron chi connectivity index (χ4n) is 2.94. The average molecular weight is 326 g/mol. The van der Waals surface area contributed by atoms with Crippen LogP contribution in [-0.2, 0) is 9.59 Å². The summed E-state index contributed by atoms with van der Waals surface area (Å²) in [7, 11) is 0. The molecule has 0 aromatic heterocycles. The third kappa shape index (κ3) is 2.18. The van der Waals surface area contributed by atoms with Gasteiger partial charge in [-0.25, -0.2) is 0 Å². The van der Waals surface area contributed by atoms with E-state index < -0.39 is 28.6 Å². The van der Waals surface area contributed by atoms with Gasteiger partial charge in [0.15, 0.2) is 0 Å². The van der Waals surface area contributed by atoms with Crippen molar-refractivity contribution in [1.82, 2.24) is 5.32 Å². The first-order chi connectivity index (χ1) is 9.95. The summed E-state index contributed by atoms with van der Waals surface area (Å²) in [4.78, 5) is 36.4. The van der Waals surface area contributed by atoms with Crippen LogP contribution in [0, 0.1) is 5.92 Å². The van der Waals surface area contributed by atoms with E-state index >= 15 is 0 Å². The number of nitrogens with one attached hydrogen (secondary N) is 1. The third-order valence-electron chi connectivity index (χ3n) is 3.97. The molecule has 110 valence electrons. The van der Waals surface area contributed by atoms with Crippen LogP contribution in [0.4, 0.5) is 0 Å². The van der Waals surface area contributed by atoms with E-state index in [1.54, 1.807) is 24.3 Å². The highest BCUT2D eigenvalue weighted by Gasteiger charge is 2.63. The summed E-state index contributed by atoms with van der Waals surface area (Å²) in [5.74, 6) is -1.88. The van der Waals surface area contributed by atoms with Gasteiger partial charge in [0, 0.05) is 5.56 Å². The topological polar surface area (TPSA) is 83.5 Å². The number of aliphatic hydroxyl groups is 1. The van der Waals surface area contributed by atoms with E-state index in [-0.39, 0.29) is 11.5 Å². The maximum atomic E-state index is 12.4. The van der Waals surface area contributed by atoms with Crippen LogP contribution >= 0.6 is 23.4 Å². The zero-order valence-corrected chi connectivity index (χ0v) is 12.4. The number of halogens is 1. The lowest BCUT2D eigenvalue weighted by Gasteiger charge is -2.23. The van der Waals surface area contributed by atoms with Crippen molar-refractivity contribution in [3.8, 4) is 0 Å². The molecular formula is C14H12ClNO4S. The lowest BCUT2D eigenvalue weighted by molar-refractivity contribution is -0.127. The van der Waals surface area contributed by atoms with Crippen LogP contribution < -0.4 is 5.32 Å². The maximum Gasteiger partial charge on any atom is 0.244 e. The number of benzene rings is 1. The summed E-state index contributed by atoms with van der Waals surface area (Å²) in [6, 6.07) is 6.55. The summed E-state index contributed by atoms with van der Waals surface area (Å²) >= 11 is 6.78. The molecular weight excluding hydrogens is 314 g/mol. The van der Waals surface area contributed by atoms with Crippen LogP contribution in [0.3, 0.4) is 0 Å². The molecule has 1 aliphatic heterocycles. The standard InChI is InChI=1S/C14H12ClNO4S/c15-8-4-2-1-3-7(8)12(19)21-14-6-5-9(17)10(14)11(18)16-13(14)20/h1-4,9-10,17H,5-6H2,(H,16,18,20)/t9-,10-,14+/m1/s1. The van der Waals surface area contributed by atoms with Crippen LogP contribution in [0.2, 0.25) is 5.02 Å². The van der Waals surface area contributed by atoms with Crippen molar-refractivity contribution in [1.29, 1.82) is 0 Å². The molecule has 2 aliphatic rings. The minimum Gasteiger partial charge on any atom is -0.392 e. The van der Waals surface area contributed by atoms with Crippen molar-refractivity contribution < 1.29 is 19.5 Å². The second-order valence-corrected chi connectivity index (χ2v) is 6.87. The van der Waals surface area contributed by atoms with Gasteiger partial charge in [-0.05, 0) is 25.0 Å². The number of aliphatic hydroxyl groups excluding tert-OH is 1. The van der Waals surface area contributed by atoms with Gasteiger partial charge >= 0.3 is 0 Å². The van der Waals surface area contributed by atoms with Gasteiger partial charge < -0.3 is 5.11 Å². The molecule has 1 heterocycles. The Labute approximate surface area is 130 Å².